The van der Waals surface area contributed by atoms with Crippen LogP contribution in [-0.2, 0) is 17.9 Å². The van der Waals surface area contributed by atoms with Crippen molar-refractivity contribution in [3.63, 3.8) is 0 Å². The number of nitrogens with zero attached hydrogens (tertiary/aromatic N) is 4. The Labute approximate surface area is 198 Å². The Hall–Kier alpha value is -3.11. The molecule has 4 rings (SSSR count). The highest BCUT2D eigenvalue weighted by molar-refractivity contribution is 7.22. The average Bonchev–Trinajstić information content (AvgIpc) is 3.26. The molecule has 1 aromatic carbocycles. The van der Waals surface area contributed by atoms with Gasteiger partial charge in [-0.1, -0.05) is 29.0 Å². The first-order valence-corrected chi connectivity index (χ1v) is 11.8. The molecule has 9 nitrogen and oxygen atoms in total. The van der Waals surface area contributed by atoms with Crippen LogP contribution in [0.2, 0.25) is 5.02 Å². The molecule has 0 bridgehead atoms. The summed E-state index contributed by atoms with van der Waals surface area (Å²) in [7, 11) is 1.50. The maximum absolute atomic E-state index is 13.1. The fourth-order valence-corrected chi connectivity index (χ4v) is 5.14. The number of nitrogens with one attached hydrogen (secondary N) is 1. The van der Waals surface area contributed by atoms with E-state index in [9.17, 15) is 14.4 Å². The second-order valence-electron chi connectivity index (χ2n) is 7.67. The third kappa shape index (κ3) is 4.67. The Morgan fingerprint density at radius 1 is 1.27 bits per heavy atom. The van der Waals surface area contributed by atoms with Gasteiger partial charge in [-0.25, -0.2) is 9.78 Å². The number of amides is 1. The average molecular weight is 490 g/mol. The van der Waals surface area contributed by atoms with Crippen LogP contribution >= 0.6 is 22.9 Å². The van der Waals surface area contributed by atoms with Crippen LogP contribution in [0.5, 0.6) is 5.75 Å². The first-order valence-electron chi connectivity index (χ1n) is 10.6. The Morgan fingerprint density at radius 3 is 2.70 bits per heavy atom. The minimum absolute atomic E-state index is 0.0419. The molecule has 3 heterocycles. The van der Waals surface area contributed by atoms with Crippen LogP contribution in [0.25, 0.3) is 10.3 Å². The standard InChI is InChI=1S/C22H24ClN5O4S/c1-3-9-27-20(30)18-19(25-21(33-18)26-10-5-4-6-11-26)28(22(27)31)13-17(29)24-14-7-8-16(32-2)15(23)12-14/h3,7-8,12H,1,4-6,9-11,13H2,2H3,(H,24,29). The van der Waals surface area contributed by atoms with E-state index >= 15 is 0 Å². The van der Waals surface area contributed by atoms with E-state index in [2.05, 4.69) is 21.8 Å². The van der Waals surface area contributed by atoms with Gasteiger partial charge in [-0.3, -0.25) is 18.7 Å². The lowest BCUT2D eigenvalue weighted by Gasteiger charge is -2.25. The Bertz CT molecular complexity index is 1320. The van der Waals surface area contributed by atoms with Gasteiger partial charge in [-0.15, -0.1) is 6.58 Å². The van der Waals surface area contributed by atoms with Crippen molar-refractivity contribution < 1.29 is 9.53 Å². The van der Waals surface area contributed by atoms with Crippen molar-refractivity contribution in [3.05, 3.63) is 56.7 Å². The zero-order valence-electron chi connectivity index (χ0n) is 18.2. The quantitative estimate of drug-likeness (QED) is 0.512. The molecule has 1 amide bonds. The number of aromatic nitrogens is 3. The van der Waals surface area contributed by atoms with Gasteiger partial charge in [0.1, 0.15) is 17.0 Å². The van der Waals surface area contributed by atoms with Gasteiger partial charge in [0.05, 0.1) is 12.1 Å². The summed E-state index contributed by atoms with van der Waals surface area (Å²) in [5.41, 5.74) is -0.347. The summed E-state index contributed by atoms with van der Waals surface area (Å²) in [5, 5.41) is 3.77. The predicted molar refractivity (Wildman–Crippen MR) is 131 cm³/mol. The predicted octanol–water partition coefficient (Wildman–Crippen LogP) is 3.10. The number of rotatable bonds is 7. The maximum Gasteiger partial charge on any atom is 0.333 e. The summed E-state index contributed by atoms with van der Waals surface area (Å²) in [6.45, 7) is 5.07. The molecule has 11 heteroatoms. The van der Waals surface area contributed by atoms with Crippen molar-refractivity contribution in [1.29, 1.82) is 0 Å². The summed E-state index contributed by atoms with van der Waals surface area (Å²) >= 11 is 7.39. The molecule has 0 atom stereocenters. The number of carbonyl (C=O) groups is 1. The minimum atomic E-state index is -0.606. The van der Waals surface area contributed by atoms with E-state index in [0.717, 1.165) is 36.9 Å². The summed E-state index contributed by atoms with van der Waals surface area (Å²) in [5.74, 6) is 0.0350. The molecule has 1 N–H and O–H groups in total. The van der Waals surface area contributed by atoms with E-state index in [1.165, 1.54) is 29.1 Å². The van der Waals surface area contributed by atoms with Crippen LogP contribution in [-0.4, -0.2) is 40.2 Å². The minimum Gasteiger partial charge on any atom is -0.495 e. The number of ether oxygens (including phenoxy) is 1. The first kappa shape index (κ1) is 23.1. The number of halogens is 1. The number of thiazole rings is 1. The van der Waals surface area contributed by atoms with Crippen LogP contribution in [0.15, 0.2) is 40.4 Å². The molecule has 1 aliphatic rings. The number of fused-ring (bicyclic) bond motifs is 1. The Morgan fingerprint density at radius 2 is 2.03 bits per heavy atom. The zero-order valence-corrected chi connectivity index (χ0v) is 19.7. The number of methoxy groups -OCH3 is 1. The maximum atomic E-state index is 13.1. The lowest BCUT2D eigenvalue weighted by Crippen LogP contribution is -2.41. The van der Waals surface area contributed by atoms with Crippen molar-refractivity contribution in [1.82, 2.24) is 14.1 Å². The van der Waals surface area contributed by atoms with Gasteiger partial charge >= 0.3 is 5.69 Å². The largest absolute Gasteiger partial charge is 0.495 e. The van der Waals surface area contributed by atoms with E-state index in [1.54, 1.807) is 18.2 Å². The molecule has 0 radical (unpaired) electrons. The highest BCUT2D eigenvalue weighted by Gasteiger charge is 2.22. The number of benzene rings is 1. The highest BCUT2D eigenvalue weighted by Crippen LogP contribution is 2.29. The van der Waals surface area contributed by atoms with Gasteiger partial charge < -0.3 is 15.0 Å². The molecule has 3 aromatic rings. The Balaban J connectivity index is 1.71. The molecule has 1 fully saturated rings. The fraction of sp³-hybridized carbons (Fsp3) is 0.364. The lowest BCUT2D eigenvalue weighted by molar-refractivity contribution is -0.116. The molecule has 0 spiro atoms. The van der Waals surface area contributed by atoms with Gasteiger partial charge in [0.2, 0.25) is 5.91 Å². The molecular weight excluding hydrogens is 466 g/mol. The first-order chi connectivity index (χ1) is 15.9. The van der Waals surface area contributed by atoms with Crippen molar-refractivity contribution in [2.75, 3.05) is 30.4 Å². The molecule has 33 heavy (non-hydrogen) atoms. The summed E-state index contributed by atoms with van der Waals surface area (Å²) in [6.07, 6.45) is 4.74. The van der Waals surface area contributed by atoms with E-state index in [4.69, 9.17) is 16.3 Å². The fourth-order valence-electron chi connectivity index (χ4n) is 3.81. The van der Waals surface area contributed by atoms with Gasteiger partial charge in [-0.2, -0.15) is 0 Å². The second-order valence-corrected chi connectivity index (χ2v) is 9.05. The van der Waals surface area contributed by atoms with Crippen LogP contribution in [0.4, 0.5) is 10.8 Å². The van der Waals surface area contributed by atoms with Crippen molar-refractivity contribution in [3.8, 4) is 5.75 Å². The van der Waals surface area contributed by atoms with Crippen molar-refractivity contribution >= 4 is 50.0 Å². The highest BCUT2D eigenvalue weighted by atomic mass is 35.5. The van der Waals surface area contributed by atoms with Crippen LogP contribution in [0, 0.1) is 0 Å². The summed E-state index contributed by atoms with van der Waals surface area (Å²) in [4.78, 5) is 45.7. The summed E-state index contributed by atoms with van der Waals surface area (Å²) in [6, 6.07) is 4.85. The second kappa shape index (κ2) is 9.80. The number of piperidine rings is 1. The molecular formula is C22H24ClN5O4S. The SMILES string of the molecule is C=CCn1c(=O)c2sc(N3CCCCC3)nc2n(CC(=O)Nc2ccc(OC)c(Cl)c2)c1=O. The van der Waals surface area contributed by atoms with Crippen LogP contribution in [0.3, 0.4) is 0 Å². The van der Waals surface area contributed by atoms with Gasteiger partial charge in [0, 0.05) is 25.3 Å². The van der Waals surface area contributed by atoms with Gasteiger partial charge in [0.25, 0.3) is 5.56 Å². The molecule has 0 aliphatic carbocycles. The van der Waals surface area contributed by atoms with Gasteiger partial charge in [0.15, 0.2) is 10.8 Å². The molecule has 0 saturated carbocycles. The van der Waals surface area contributed by atoms with Crippen LogP contribution in [0.1, 0.15) is 19.3 Å². The number of allylic oxidation sites excluding steroid dienone is 1. The summed E-state index contributed by atoms with van der Waals surface area (Å²) < 4.78 is 7.78. The normalized spacial score (nSPS) is 13.8. The number of hydrogen-bond acceptors (Lipinski definition) is 7. The molecule has 2 aromatic heterocycles. The smallest absolute Gasteiger partial charge is 0.333 e. The number of carbonyl (C=O) groups excluding carboxylic acids is 1. The van der Waals surface area contributed by atoms with E-state index in [1.807, 2.05) is 0 Å². The number of hydrogen-bond donors (Lipinski definition) is 1. The third-order valence-electron chi connectivity index (χ3n) is 5.43. The number of anilines is 2. The lowest BCUT2D eigenvalue weighted by atomic mass is 10.1. The van der Waals surface area contributed by atoms with E-state index < -0.39 is 17.2 Å². The third-order valence-corrected chi connectivity index (χ3v) is 6.82. The molecule has 1 saturated heterocycles. The molecule has 1 aliphatic heterocycles. The van der Waals surface area contributed by atoms with Crippen LogP contribution < -0.4 is 26.2 Å². The van der Waals surface area contributed by atoms with Gasteiger partial charge in [-0.05, 0) is 37.5 Å². The van der Waals surface area contributed by atoms with E-state index in [-0.39, 0.29) is 18.7 Å². The van der Waals surface area contributed by atoms with E-state index in [0.29, 0.717) is 26.3 Å². The van der Waals surface area contributed by atoms with Crippen molar-refractivity contribution in [2.45, 2.75) is 32.4 Å². The molecule has 174 valence electrons. The molecule has 0 unspecified atom stereocenters. The Kier molecular flexibility index (Phi) is 6.85. The topological polar surface area (TPSA) is 98.5 Å². The zero-order chi connectivity index (χ0) is 23.5. The monoisotopic (exact) mass is 489 g/mol. The van der Waals surface area contributed by atoms with Crippen molar-refractivity contribution in [2.24, 2.45) is 0 Å².